The average molecular weight is 394 g/mol. The molecule has 3 atom stereocenters. The van der Waals surface area contributed by atoms with Gasteiger partial charge in [0.1, 0.15) is 0 Å². The third-order valence-electron chi connectivity index (χ3n) is 6.49. The number of likely N-dealkylation sites (tertiary alicyclic amines) is 1. The molecule has 4 nitrogen and oxygen atoms in total. The number of benzene rings is 2. The molecule has 0 bridgehead atoms. The van der Waals surface area contributed by atoms with Gasteiger partial charge in [0.25, 0.3) is 5.91 Å². The Hall–Kier alpha value is -2.30. The minimum absolute atomic E-state index is 0.00124. The van der Waals surface area contributed by atoms with Crippen molar-refractivity contribution in [2.24, 2.45) is 11.8 Å². The molecule has 2 fully saturated rings. The molecule has 2 aliphatic rings. The number of carbonyl (C=O) groups excluding carboxylic acids is 1. The first kappa shape index (κ1) is 17.8. The number of para-hydroxylation sites is 1. The molecule has 5 rings (SSSR count). The zero-order chi connectivity index (χ0) is 19.1. The van der Waals surface area contributed by atoms with E-state index in [1.165, 1.54) is 12.0 Å². The minimum Gasteiger partial charge on any atom is -0.360 e. The highest BCUT2D eigenvalue weighted by molar-refractivity contribution is 6.30. The normalized spacial score (nSPS) is 24.1. The van der Waals surface area contributed by atoms with Gasteiger partial charge in [0.2, 0.25) is 0 Å². The molecule has 1 amide bonds. The molecule has 2 N–H and O–H groups in total. The summed E-state index contributed by atoms with van der Waals surface area (Å²) in [7, 11) is 0. The molecule has 1 aliphatic carbocycles. The molecular weight excluding hydrogens is 370 g/mol. The predicted octanol–water partition coefficient (Wildman–Crippen LogP) is 4.29. The SMILES string of the molecule is O=C(NCCN1CC2CC(c3ccc(Cl)cc3)C2C1)c1c[nH]c2ccccc12. The Balaban J connectivity index is 1.13. The molecule has 1 aliphatic heterocycles. The number of hydrogen-bond donors (Lipinski definition) is 2. The van der Waals surface area contributed by atoms with Gasteiger partial charge >= 0.3 is 0 Å². The van der Waals surface area contributed by atoms with Gasteiger partial charge in [-0.05, 0) is 47.9 Å². The first-order valence-electron chi connectivity index (χ1n) is 10.0. The minimum atomic E-state index is -0.00124. The molecule has 144 valence electrons. The quantitative estimate of drug-likeness (QED) is 0.679. The topological polar surface area (TPSA) is 48.1 Å². The van der Waals surface area contributed by atoms with E-state index in [1.807, 2.05) is 36.4 Å². The number of aromatic nitrogens is 1. The van der Waals surface area contributed by atoms with E-state index in [1.54, 1.807) is 6.20 Å². The molecule has 3 unspecified atom stereocenters. The molecule has 1 saturated carbocycles. The van der Waals surface area contributed by atoms with Crippen LogP contribution in [0.5, 0.6) is 0 Å². The van der Waals surface area contributed by atoms with Gasteiger partial charge in [0.05, 0.1) is 5.56 Å². The second-order valence-electron chi connectivity index (χ2n) is 8.08. The van der Waals surface area contributed by atoms with Gasteiger partial charge in [0.15, 0.2) is 0 Å². The number of hydrogen-bond acceptors (Lipinski definition) is 2. The maximum atomic E-state index is 12.5. The zero-order valence-corrected chi connectivity index (χ0v) is 16.5. The molecule has 3 aromatic rings. The van der Waals surface area contributed by atoms with Crippen LogP contribution in [0.1, 0.15) is 28.3 Å². The van der Waals surface area contributed by atoms with Gasteiger partial charge in [-0.25, -0.2) is 0 Å². The van der Waals surface area contributed by atoms with Crippen LogP contribution in [0.4, 0.5) is 0 Å². The number of rotatable bonds is 5. The van der Waals surface area contributed by atoms with Crippen LogP contribution in [0.2, 0.25) is 5.02 Å². The third kappa shape index (κ3) is 3.21. The fourth-order valence-electron chi connectivity index (χ4n) is 4.96. The Kier molecular flexibility index (Phi) is 4.61. The summed E-state index contributed by atoms with van der Waals surface area (Å²) >= 11 is 6.02. The van der Waals surface area contributed by atoms with Crippen molar-refractivity contribution < 1.29 is 4.79 Å². The van der Waals surface area contributed by atoms with Crippen molar-refractivity contribution in [2.75, 3.05) is 26.2 Å². The van der Waals surface area contributed by atoms with Crippen LogP contribution in [-0.2, 0) is 0 Å². The van der Waals surface area contributed by atoms with Crippen molar-refractivity contribution in [1.82, 2.24) is 15.2 Å². The first-order chi connectivity index (χ1) is 13.7. The van der Waals surface area contributed by atoms with Crippen molar-refractivity contribution in [1.29, 1.82) is 0 Å². The maximum Gasteiger partial charge on any atom is 0.253 e. The van der Waals surface area contributed by atoms with Crippen molar-refractivity contribution in [2.45, 2.75) is 12.3 Å². The van der Waals surface area contributed by atoms with Crippen molar-refractivity contribution in [3.05, 3.63) is 70.9 Å². The molecule has 1 saturated heterocycles. The fraction of sp³-hybridized carbons (Fsp3) is 0.348. The second kappa shape index (κ2) is 7.26. The lowest BCUT2D eigenvalue weighted by Crippen LogP contribution is -2.34. The van der Waals surface area contributed by atoms with Gasteiger partial charge in [-0.3, -0.25) is 4.79 Å². The van der Waals surface area contributed by atoms with Crippen molar-refractivity contribution >= 4 is 28.4 Å². The van der Waals surface area contributed by atoms with E-state index in [2.05, 4.69) is 27.3 Å². The standard InChI is InChI=1S/C23H24ClN3O/c24-17-7-5-15(6-8-17)19-11-16-13-27(14-21(16)19)10-9-25-23(28)20-12-26-22-4-2-1-3-18(20)22/h1-8,12,16,19,21,26H,9-11,13-14H2,(H,25,28). The molecule has 2 heterocycles. The van der Waals surface area contributed by atoms with E-state index in [9.17, 15) is 4.79 Å². The number of aromatic amines is 1. The number of halogens is 1. The summed E-state index contributed by atoms with van der Waals surface area (Å²) < 4.78 is 0. The lowest BCUT2D eigenvalue weighted by molar-refractivity contribution is 0.0951. The highest BCUT2D eigenvalue weighted by Crippen LogP contribution is 2.51. The van der Waals surface area contributed by atoms with Crippen LogP contribution in [0.3, 0.4) is 0 Å². The molecule has 1 aromatic heterocycles. The van der Waals surface area contributed by atoms with Gasteiger partial charge in [-0.15, -0.1) is 0 Å². The van der Waals surface area contributed by atoms with E-state index in [4.69, 9.17) is 11.6 Å². The van der Waals surface area contributed by atoms with Crippen molar-refractivity contribution in [3.63, 3.8) is 0 Å². The molecule has 5 heteroatoms. The number of amides is 1. The van der Waals surface area contributed by atoms with Gasteiger partial charge in [-0.1, -0.05) is 41.9 Å². The van der Waals surface area contributed by atoms with Crippen LogP contribution in [0, 0.1) is 11.8 Å². The number of fused-ring (bicyclic) bond motifs is 2. The summed E-state index contributed by atoms with van der Waals surface area (Å²) in [5.74, 6) is 2.20. The van der Waals surface area contributed by atoms with E-state index >= 15 is 0 Å². The number of nitrogens with zero attached hydrogens (tertiary/aromatic N) is 1. The Morgan fingerprint density at radius 3 is 2.82 bits per heavy atom. The molecule has 0 spiro atoms. The summed E-state index contributed by atoms with van der Waals surface area (Å²) in [5, 5.41) is 4.87. The van der Waals surface area contributed by atoms with E-state index in [0.29, 0.717) is 12.5 Å². The average Bonchev–Trinajstić information content (AvgIpc) is 3.26. The summed E-state index contributed by atoms with van der Waals surface area (Å²) in [4.78, 5) is 18.2. The smallest absolute Gasteiger partial charge is 0.253 e. The highest BCUT2D eigenvalue weighted by Gasteiger charge is 2.47. The van der Waals surface area contributed by atoms with Crippen molar-refractivity contribution in [3.8, 4) is 0 Å². The zero-order valence-electron chi connectivity index (χ0n) is 15.7. The number of carbonyl (C=O) groups is 1. The summed E-state index contributed by atoms with van der Waals surface area (Å²) in [6.07, 6.45) is 3.07. The van der Waals surface area contributed by atoms with Gasteiger partial charge in [0, 0.05) is 48.3 Å². The van der Waals surface area contributed by atoms with E-state index in [-0.39, 0.29) is 5.91 Å². The van der Waals surface area contributed by atoms with E-state index < -0.39 is 0 Å². The highest BCUT2D eigenvalue weighted by atomic mass is 35.5. The van der Waals surface area contributed by atoms with Gasteiger partial charge in [-0.2, -0.15) is 0 Å². The third-order valence-corrected chi connectivity index (χ3v) is 6.74. The maximum absolute atomic E-state index is 12.5. The molecule has 28 heavy (non-hydrogen) atoms. The monoisotopic (exact) mass is 393 g/mol. The summed E-state index contributed by atoms with van der Waals surface area (Å²) in [6.45, 7) is 3.87. The van der Waals surface area contributed by atoms with Crippen LogP contribution >= 0.6 is 11.6 Å². The Morgan fingerprint density at radius 1 is 1.14 bits per heavy atom. The van der Waals surface area contributed by atoms with Crippen LogP contribution in [0.25, 0.3) is 10.9 Å². The second-order valence-corrected chi connectivity index (χ2v) is 8.52. The van der Waals surface area contributed by atoms with E-state index in [0.717, 1.165) is 53.0 Å². The fourth-order valence-corrected chi connectivity index (χ4v) is 5.08. The lowest BCUT2D eigenvalue weighted by Gasteiger charge is -2.40. The molecule has 2 aromatic carbocycles. The Morgan fingerprint density at radius 2 is 1.96 bits per heavy atom. The largest absolute Gasteiger partial charge is 0.360 e. The predicted molar refractivity (Wildman–Crippen MR) is 113 cm³/mol. The Labute approximate surface area is 169 Å². The van der Waals surface area contributed by atoms with Crippen LogP contribution < -0.4 is 5.32 Å². The van der Waals surface area contributed by atoms with Crippen LogP contribution in [-0.4, -0.2) is 42.0 Å². The number of nitrogens with one attached hydrogen (secondary N) is 2. The van der Waals surface area contributed by atoms with Crippen LogP contribution in [0.15, 0.2) is 54.7 Å². The molecule has 0 radical (unpaired) electrons. The summed E-state index contributed by atoms with van der Waals surface area (Å²) in [5.41, 5.74) is 3.14. The molecular formula is C23H24ClN3O. The summed E-state index contributed by atoms with van der Waals surface area (Å²) in [6, 6.07) is 16.2. The lowest BCUT2D eigenvalue weighted by atomic mass is 9.64. The van der Waals surface area contributed by atoms with Gasteiger partial charge < -0.3 is 15.2 Å². The number of H-pyrrole nitrogens is 1. The first-order valence-corrected chi connectivity index (χ1v) is 10.4. The Bertz CT molecular complexity index is 997.